The molecule has 9 nitrogen and oxygen atoms in total. The fraction of sp³-hybridized carbons (Fsp3) is 0.115. The summed E-state index contributed by atoms with van der Waals surface area (Å²) >= 11 is 0. The molecule has 0 saturated heterocycles. The fourth-order valence-electron chi connectivity index (χ4n) is 4.49. The van der Waals surface area contributed by atoms with Gasteiger partial charge in [0.15, 0.2) is 0 Å². The van der Waals surface area contributed by atoms with Crippen molar-refractivity contribution in [1.29, 1.82) is 0 Å². The molecule has 2 amide bonds. The Morgan fingerprint density at radius 2 is 1.89 bits per heavy atom. The minimum Gasteiger partial charge on any atom is -0.369 e. The molecule has 2 aromatic carbocycles. The molecular weight excluding hydrogens is 461 g/mol. The van der Waals surface area contributed by atoms with Gasteiger partial charge in [-0.1, -0.05) is 18.2 Å². The Hall–Kier alpha value is -4.86. The summed E-state index contributed by atoms with van der Waals surface area (Å²) in [6.45, 7) is 0.876. The molecule has 0 saturated carbocycles. The number of carbonyl (C=O) groups is 2. The SMILES string of the molecule is Nc1nc2c(F)cccc2c2nc(C(=O)N3CCc4ccc(NC(=O)c5ccccn5)cc4C3)cn12. The number of fused-ring (bicyclic) bond motifs is 4. The molecule has 1 aliphatic rings. The van der Waals surface area contributed by atoms with Crippen LogP contribution in [0.2, 0.25) is 0 Å². The highest BCUT2D eigenvalue weighted by Crippen LogP contribution is 2.26. The van der Waals surface area contributed by atoms with E-state index in [4.69, 9.17) is 5.73 Å². The highest BCUT2D eigenvalue weighted by Gasteiger charge is 2.25. The lowest BCUT2D eigenvalue weighted by molar-refractivity contribution is 0.0729. The summed E-state index contributed by atoms with van der Waals surface area (Å²) in [7, 11) is 0. The van der Waals surface area contributed by atoms with E-state index in [0.717, 1.165) is 11.1 Å². The predicted molar refractivity (Wildman–Crippen MR) is 132 cm³/mol. The quantitative estimate of drug-likeness (QED) is 0.408. The zero-order valence-electron chi connectivity index (χ0n) is 19.0. The number of hydrogen-bond acceptors (Lipinski definition) is 6. The van der Waals surface area contributed by atoms with Crippen molar-refractivity contribution in [2.75, 3.05) is 17.6 Å². The summed E-state index contributed by atoms with van der Waals surface area (Å²) in [5.74, 6) is -1.03. The second-order valence-electron chi connectivity index (χ2n) is 8.56. The van der Waals surface area contributed by atoms with Crippen LogP contribution in [0.1, 0.15) is 32.1 Å². The number of para-hydroxylation sites is 1. The first-order valence-electron chi connectivity index (χ1n) is 11.3. The van der Waals surface area contributed by atoms with Crippen molar-refractivity contribution < 1.29 is 14.0 Å². The Kier molecular flexibility index (Phi) is 5.06. The molecule has 36 heavy (non-hydrogen) atoms. The molecule has 0 aliphatic carbocycles. The van der Waals surface area contributed by atoms with Gasteiger partial charge in [-0.05, 0) is 53.9 Å². The lowest BCUT2D eigenvalue weighted by Crippen LogP contribution is -2.36. The van der Waals surface area contributed by atoms with Crippen molar-refractivity contribution in [3.63, 3.8) is 0 Å². The second kappa shape index (κ2) is 8.42. The number of rotatable bonds is 3. The summed E-state index contributed by atoms with van der Waals surface area (Å²) in [4.78, 5) is 40.2. The summed E-state index contributed by atoms with van der Waals surface area (Å²) in [5.41, 5.74) is 9.70. The molecule has 0 spiro atoms. The first kappa shape index (κ1) is 21.7. The van der Waals surface area contributed by atoms with E-state index in [2.05, 4.69) is 20.3 Å². The van der Waals surface area contributed by atoms with Crippen LogP contribution in [0.5, 0.6) is 0 Å². The number of nitrogens with zero attached hydrogens (tertiary/aromatic N) is 5. The van der Waals surface area contributed by atoms with Gasteiger partial charge in [0.05, 0.1) is 0 Å². The third-order valence-electron chi connectivity index (χ3n) is 6.29. The molecule has 6 rings (SSSR count). The molecule has 4 heterocycles. The minimum atomic E-state index is -0.504. The summed E-state index contributed by atoms with van der Waals surface area (Å²) in [6, 6.07) is 15.4. The van der Waals surface area contributed by atoms with Crippen molar-refractivity contribution in [2.45, 2.75) is 13.0 Å². The largest absolute Gasteiger partial charge is 0.369 e. The number of aromatic nitrogens is 4. The van der Waals surface area contributed by atoms with E-state index in [0.29, 0.717) is 41.9 Å². The van der Waals surface area contributed by atoms with Gasteiger partial charge in [-0.3, -0.25) is 19.0 Å². The molecule has 1 aliphatic heterocycles. The third-order valence-corrected chi connectivity index (χ3v) is 6.29. The number of nitrogens with one attached hydrogen (secondary N) is 1. The fourth-order valence-corrected chi connectivity index (χ4v) is 4.49. The molecule has 178 valence electrons. The summed E-state index contributed by atoms with van der Waals surface area (Å²) in [5, 5.41) is 3.33. The van der Waals surface area contributed by atoms with Gasteiger partial charge in [-0.15, -0.1) is 0 Å². The van der Waals surface area contributed by atoms with Crippen molar-refractivity contribution in [3.8, 4) is 0 Å². The summed E-state index contributed by atoms with van der Waals surface area (Å²) in [6.07, 6.45) is 3.76. The average molecular weight is 481 g/mol. The van der Waals surface area contributed by atoms with E-state index in [9.17, 15) is 14.0 Å². The number of benzene rings is 2. The van der Waals surface area contributed by atoms with Crippen LogP contribution in [-0.4, -0.2) is 42.6 Å². The summed E-state index contributed by atoms with van der Waals surface area (Å²) < 4.78 is 15.7. The predicted octanol–water partition coefficient (Wildman–Crippen LogP) is 3.45. The maximum atomic E-state index is 14.2. The number of carbonyl (C=O) groups excluding carboxylic acids is 2. The van der Waals surface area contributed by atoms with Crippen LogP contribution in [0, 0.1) is 5.82 Å². The van der Waals surface area contributed by atoms with Gasteiger partial charge in [-0.2, -0.15) is 0 Å². The number of imidazole rings is 1. The van der Waals surface area contributed by atoms with Gasteiger partial charge in [0, 0.05) is 36.6 Å². The van der Waals surface area contributed by atoms with Crippen molar-refractivity contribution >= 4 is 40.0 Å². The topological polar surface area (TPSA) is 119 Å². The Morgan fingerprint density at radius 1 is 1.00 bits per heavy atom. The van der Waals surface area contributed by atoms with Gasteiger partial charge in [0.25, 0.3) is 11.8 Å². The first-order chi connectivity index (χ1) is 17.5. The zero-order valence-corrected chi connectivity index (χ0v) is 19.0. The Labute approximate surface area is 204 Å². The molecule has 0 fully saturated rings. The molecule has 10 heteroatoms. The van der Waals surface area contributed by atoms with Crippen LogP contribution < -0.4 is 11.1 Å². The van der Waals surface area contributed by atoms with E-state index in [-0.39, 0.29) is 29.0 Å². The van der Waals surface area contributed by atoms with Gasteiger partial charge in [0.2, 0.25) is 5.95 Å². The van der Waals surface area contributed by atoms with E-state index >= 15 is 0 Å². The minimum absolute atomic E-state index is 0.0476. The van der Waals surface area contributed by atoms with Gasteiger partial charge < -0.3 is 16.0 Å². The van der Waals surface area contributed by atoms with E-state index in [1.54, 1.807) is 41.4 Å². The van der Waals surface area contributed by atoms with E-state index in [1.807, 2.05) is 18.2 Å². The van der Waals surface area contributed by atoms with Gasteiger partial charge in [-0.25, -0.2) is 14.4 Å². The lowest BCUT2D eigenvalue weighted by atomic mass is 9.98. The van der Waals surface area contributed by atoms with Crippen LogP contribution in [0.3, 0.4) is 0 Å². The maximum absolute atomic E-state index is 14.2. The highest BCUT2D eigenvalue weighted by atomic mass is 19.1. The highest BCUT2D eigenvalue weighted by molar-refractivity contribution is 6.03. The van der Waals surface area contributed by atoms with Crippen LogP contribution in [0.25, 0.3) is 16.6 Å². The Balaban J connectivity index is 1.27. The van der Waals surface area contributed by atoms with Crippen LogP contribution in [-0.2, 0) is 13.0 Å². The smallest absolute Gasteiger partial charge is 0.274 e. The van der Waals surface area contributed by atoms with Crippen LogP contribution in [0.4, 0.5) is 16.0 Å². The number of hydrogen-bond donors (Lipinski definition) is 2. The second-order valence-corrected chi connectivity index (χ2v) is 8.56. The number of nitrogen functional groups attached to an aromatic ring is 1. The van der Waals surface area contributed by atoms with E-state index < -0.39 is 5.82 Å². The normalized spacial score (nSPS) is 13.1. The number of anilines is 2. The van der Waals surface area contributed by atoms with E-state index in [1.165, 1.54) is 16.7 Å². The molecular formula is C26H20FN7O2. The first-order valence-corrected chi connectivity index (χ1v) is 11.3. The van der Waals surface area contributed by atoms with Crippen molar-refractivity contribution in [2.24, 2.45) is 0 Å². The number of amides is 2. The number of nitrogens with two attached hydrogens (primary N) is 1. The van der Waals surface area contributed by atoms with Crippen molar-refractivity contribution in [3.05, 3.63) is 95.3 Å². The molecule has 5 aromatic rings. The lowest BCUT2D eigenvalue weighted by Gasteiger charge is -2.28. The van der Waals surface area contributed by atoms with Gasteiger partial charge >= 0.3 is 0 Å². The molecule has 3 aromatic heterocycles. The van der Waals surface area contributed by atoms with Crippen LogP contribution >= 0.6 is 0 Å². The Bertz CT molecular complexity index is 1670. The molecule has 3 N–H and O–H groups in total. The molecule has 0 unspecified atom stereocenters. The molecule has 0 bridgehead atoms. The Morgan fingerprint density at radius 3 is 2.72 bits per heavy atom. The maximum Gasteiger partial charge on any atom is 0.274 e. The number of halogens is 1. The van der Waals surface area contributed by atoms with Crippen molar-refractivity contribution in [1.82, 2.24) is 24.3 Å². The van der Waals surface area contributed by atoms with Gasteiger partial charge in [0.1, 0.15) is 28.4 Å². The average Bonchev–Trinajstić information content (AvgIpc) is 3.36. The zero-order chi connectivity index (χ0) is 24.8. The molecule has 0 atom stereocenters. The molecule has 0 radical (unpaired) electrons. The standard InChI is InChI=1S/C26H20FN7O2/c27-19-5-3-4-18-22(19)32-26(28)34-14-21(31-23(18)34)25(36)33-11-9-15-7-8-17(12-16(15)13-33)30-24(35)20-6-1-2-10-29-20/h1-8,10,12,14H,9,11,13H2,(H2,28,32)(H,30,35). The monoisotopic (exact) mass is 481 g/mol. The third kappa shape index (κ3) is 3.68. The van der Waals surface area contributed by atoms with Crippen LogP contribution in [0.15, 0.2) is 67.0 Å². The number of pyridine rings is 1.